The molecule has 3 nitrogen and oxygen atoms in total. The van der Waals surface area contributed by atoms with Gasteiger partial charge < -0.3 is 4.74 Å². The Morgan fingerprint density at radius 2 is 1.75 bits per heavy atom. The lowest BCUT2D eigenvalue weighted by atomic mass is 10.0. The van der Waals surface area contributed by atoms with Crippen LogP contribution in [0.15, 0.2) is 79.1 Å². The molecule has 0 aliphatic carbocycles. The lowest BCUT2D eigenvalue weighted by Crippen LogP contribution is -1.97. The van der Waals surface area contributed by atoms with Crippen LogP contribution in [0.3, 0.4) is 0 Å². The van der Waals surface area contributed by atoms with Gasteiger partial charge in [-0.25, -0.2) is 0 Å². The molecule has 0 saturated heterocycles. The highest BCUT2D eigenvalue weighted by molar-refractivity contribution is 5.97. The van der Waals surface area contributed by atoms with Crippen LogP contribution in [0.1, 0.15) is 31.0 Å². The van der Waals surface area contributed by atoms with Crippen LogP contribution in [0, 0.1) is 0 Å². The predicted molar refractivity (Wildman–Crippen MR) is 114 cm³/mol. The zero-order valence-corrected chi connectivity index (χ0v) is 16.1. The molecule has 0 bridgehead atoms. The van der Waals surface area contributed by atoms with Crippen LogP contribution in [-0.2, 0) is 13.0 Å². The Bertz CT molecular complexity index is 1040. The van der Waals surface area contributed by atoms with Crippen molar-refractivity contribution in [3.05, 3.63) is 90.4 Å². The van der Waals surface area contributed by atoms with E-state index in [-0.39, 0.29) is 0 Å². The number of aryl methyl sites for hydroxylation is 1. The highest BCUT2D eigenvalue weighted by atomic mass is 16.5. The van der Waals surface area contributed by atoms with Gasteiger partial charge in [-0.05, 0) is 48.2 Å². The third-order valence-corrected chi connectivity index (χ3v) is 4.89. The van der Waals surface area contributed by atoms with Crippen molar-refractivity contribution in [3.8, 4) is 16.9 Å². The van der Waals surface area contributed by atoms with Gasteiger partial charge >= 0.3 is 0 Å². The standard InChI is InChI=1S/C25H24N2O/c1-2-3-10-21-13-12-20(17-27-21)22-14-15-24(25-23(22)11-7-16-26-25)28-18-19-8-5-4-6-9-19/h4-9,11-17H,2-3,10,18H2,1H3. The number of hydrogen-bond donors (Lipinski definition) is 0. The maximum Gasteiger partial charge on any atom is 0.146 e. The van der Waals surface area contributed by atoms with Gasteiger partial charge in [0.05, 0.1) is 0 Å². The first-order chi connectivity index (χ1) is 13.8. The van der Waals surface area contributed by atoms with Crippen molar-refractivity contribution < 1.29 is 4.74 Å². The van der Waals surface area contributed by atoms with Crippen molar-refractivity contribution in [2.75, 3.05) is 0 Å². The third-order valence-electron chi connectivity index (χ3n) is 4.89. The molecule has 0 fully saturated rings. The molecule has 0 aliphatic rings. The number of hydrogen-bond acceptors (Lipinski definition) is 3. The summed E-state index contributed by atoms with van der Waals surface area (Å²) in [6.45, 7) is 2.73. The molecule has 0 unspecified atom stereocenters. The second-order valence-corrected chi connectivity index (χ2v) is 6.93. The second-order valence-electron chi connectivity index (χ2n) is 6.93. The van der Waals surface area contributed by atoms with Gasteiger partial charge in [-0.15, -0.1) is 0 Å². The van der Waals surface area contributed by atoms with E-state index in [1.54, 1.807) is 0 Å². The zero-order chi connectivity index (χ0) is 19.2. The minimum absolute atomic E-state index is 0.527. The molecule has 0 spiro atoms. The topological polar surface area (TPSA) is 35.0 Å². The van der Waals surface area contributed by atoms with E-state index < -0.39 is 0 Å². The fraction of sp³-hybridized carbons (Fsp3) is 0.200. The summed E-state index contributed by atoms with van der Waals surface area (Å²) < 4.78 is 6.08. The van der Waals surface area contributed by atoms with E-state index in [1.165, 1.54) is 12.8 Å². The van der Waals surface area contributed by atoms with Crippen molar-refractivity contribution in [1.82, 2.24) is 9.97 Å². The Labute approximate surface area is 166 Å². The Kier molecular flexibility index (Phi) is 5.62. The number of fused-ring (bicyclic) bond motifs is 1. The van der Waals surface area contributed by atoms with E-state index >= 15 is 0 Å². The summed E-state index contributed by atoms with van der Waals surface area (Å²) in [7, 11) is 0. The number of rotatable bonds is 7. The lowest BCUT2D eigenvalue weighted by Gasteiger charge is -2.12. The molecule has 140 valence electrons. The summed E-state index contributed by atoms with van der Waals surface area (Å²) in [5, 5.41) is 1.08. The van der Waals surface area contributed by atoms with Gasteiger partial charge in [0.25, 0.3) is 0 Å². The molecule has 4 rings (SSSR count). The molecule has 0 saturated carbocycles. The van der Waals surface area contributed by atoms with E-state index in [0.717, 1.165) is 45.5 Å². The average Bonchev–Trinajstić information content (AvgIpc) is 2.77. The highest BCUT2D eigenvalue weighted by Gasteiger charge is 2.10. The summed E-state index contributed by atoms with van der Waals surface area (Å²) in [5.41, 5.74) is 5.40. The van der Waals surface area contributed by atoms with Crippen LogP contribution in [0.2, 0.25) is 0 Å². The second kappa shape index (κ2) is 8.66. The maximum absolute atomic E-state index is 6.08. The van der Waals surface area contributed by atoms with E-state index in [4.69, 9.17) is 4.74 Å². The minimum atomic E-state index is 0.527. The zero-order valence-electron chi connectivity index (χ0n) is 16.1. The summed E-state index contributed by atoms with van der Waals surface area (Å²) in [6.07, 6.45) is 7.17. The maximum atomic E-state index is 6.08. The van der Waals surface area contributed by atoms with Gasteiger partial charge in [0.15, 0.2) is 0 Å². The minimum Gasteiger partial charge on any atom is -0.487 e. The molecule has 2 aromatic heterocycles. The number of nitrogens with zero attached hydrogens (tertiary/aromatic N) is 2. The highest BCUT2D eigenvalue weighted by Crippen LogP contribution is 2.33. The van der Waals surface area contributed by atoms with Gasteiger partial charge in [0.2, 0.25) is 0 Å². The van der Waals surface area contributed by atoms with Crippen LogP contribution in [-0.4, -0.2) is 9.97 Å². The van der Waals surface area contributed by atoms with E-state index in [1.807, 2.05) is 42.7 Å². The molecule has 0 aliphatic heterocycles. The van der Waals surface area contributed by atoms with Crippen LogP contribution < -0.4 is 4.74 Å². The van der Waals surface area contributed by atoms with Crippen LogP contribution in [0.5, 0.6) is 5.75 Å². The fourth-order valence-corrected chi connectivity index (χ4v) is 3.34. The number of ether oxygens (including phenoxy) is 1. The molecule has 3 heteroatoms. The normalized spacial score (nSPS) is 10.9. The summed E-state index contributed by atoms with van der Waals surface area (Å²) in [5.74, 6) is 0.802. The molecular formula is C25H24N2O. The van der Waals surface area contributed by atoms with Crippen molar-refractivity contribution in [3.63, 3.8) is 0 Å². The first-order valence-electron chi connectivity index (χ1n) is 9.85. The summed E-state index contributed by atoms with van der Waals surface area (Å²) in [4.78, 5) is 9.24. The largest absolute Gasteiger partial charge is 0.487 e. The molecular weight excluding hydrogens is 344 g/mol. The number of aromatic nitrogens is 2. The van der Waals surface area contributed by atoms with Crippen molar-refractivity contribution in [1.29, 1.82) is 0 Å². The van der Waals surface area contributed by atoms with Gasteiger partial charge in [-0.2, -0.15) is 0 Å². The van der Waals surface area contributed by atoms with Crippen molar-refractivity contribution in [2.45, 2.75) is 32.8 Å². The van der Waals surface area contributed by atoms with Gasteiger partial charge in [-0.3, -0.25) is 9.97 Å². The first kappa shape index (κ1) is 18.2. The quantitative estimate of drug-likeness (QED) is 0.388. The molecule has 4 aromatic rings. The van der Waals surface area contributed by atoms with Gasteiger partial charge in [0.1, 0.15) is 17.9 Å². The monoisotopic (exact) mass is 368 g/mol. The fourth-order valence-electron chi connectivity index (χ4n) is 3.34. The Morgan fingerprint density at radius 1 is 0.857 bits per heavy atom. The first-order valence-corrected chi connectivity index (χ1v) is 9.85. The van der Waals surface area contributed by atoms with Crippen LogP contribution >= 0.6 is 0 Å². The Balaban J connectivity index is 1.64. The average molecular weight is 368 g/mol. The third kappa shape index (κ3) is 4.04. The van der Waals surface area contributed by atoms with Crippen LogP contribution in [0.25, 0.3) is 22.0 Å². The lowest BCUT2D eigenvalue weighted by molar-refractivity contribution is 0.309. The predicted octanol–water partition coefficient (Wildman–Crippen LogP) is 6.22. The smallest absolute Gasteiger partial charge is 0.146 e. The number of unbranched alkanes of at least 4 members (excludes halogenated alkanes) is 1. The number of benzene rings is 2. The molecule has 28 heavy (non-hydrogen) atoms. The molecule has 0 atom stereocenters. The molecule has 2 heterocycles. The van der Waals surface area contributed by atoms with E-state index in [9.17, 15) is 0 Å². The Hall–Kier alpha value is -3.20. The SMILES string of the molecule is CCCCc1ccc(-c2ccc(OCc3ccccc3)c3ncccc23)cn1. The Morgan fingerprint density at radius 3 is 2.54 bits per heavy atom. The van der Waals surface area contributed by atoms with Crippen molar-refractivity contribution in [2.24, 2.45) is 0 Å². The molecule has 0 amide bonds. The van der Waals surface area contributed by atoms with E-state index in [2.05, 4.69) is 53.3 Å². The number of pyridine rings is 2. The summed E-state index contributed by atoms with van der Waals surface area (Å²) in [6, 6.07) is 22.7. The molecule has 0 radical (unpaired) electrons. The molecule has 0 N–H and O–H groups in total. The van der Waals surface area contributed by atoms with E-state index in [0.29, 0.717) is 6.61 Å². The summed E-state index contributed by atoms with van der Waals surface area (Å²) >= 11 is 0. The van der Waals surface area contributed by atoms with Gasteiger partial charge in [0, 0.05) is 29.0 Å². The van der Waals surface area contributed by atoms with Crippen molar-refractivity contribution >= 4 is 10.9 Å². The molecule has 2 aromatic carbocycles. The van der Waals surface area contributed by atoms with Gasteiger partial charge in [-0.1, -0.05) is 55.8 Å². The van der Waals surface area contributed by atoms with Crippen LogP contribution in [0.4, 0.5) is 0 Å².